The lowest BCUT2D eigenvalue weighted by Crippen LogP contribution is -2.53. The van der Waals surface area contributed by atoms with Gasteiger partial charge in [-0.15, -0.1) is 11.6 Å². The molecule has 0 spiro atoms. The summed E-state index contributed by atoms with van der Waals surface area (Å²) in [7, 11) is 0. The molecule has 0 heterocycles. The maximum Gasteiger partial charge on any atom is 0.111 e. The zero-order valence-electron chi connectivity index (χ0n) is 28.9. The van der Waals surface area contributed by atoms with Crippen LogP contribution < -0.4 is 0 Å². The molecular formula is C31H64ClNO14. The standard InChI is InChI=1S/C31H64ClNO14/c1-20(32)15-21(2)45-10-7-30(3,4)46-11-8-31(5,6)47-14-13-44-12-9-33(16-22(36)26(40)28(42)24(38)18-34)17-23(37)27(41)29(43)25(39)19-35/h20-29,34-43H,7-19H2,1-6H3/t20?,21?,22-,23-,24+,25+,26+,27+,28+,29+/m0/s1. The molecule has 0 amide bonds. The normalized spacial score (nSPS) is 19.5. The summed E-state index contributed by atoms with van der Waals surface area (Å²) in [4.78, 5) is 1.37. The molecule has 0 aromatic rings. The van der Waals surface area contributed by atoms with Crippen LogP contribution >= 0.6 is 11.6 Å². The van der Waals surface area contributed by atoms with Crippen LogP contribution in [0.15, 0.2) is 0 Å². The Hall–Kier alpha value is -0.310. The summed E-state index contributed by atoms with van der Waals surface area (Å²) in [6.45, 7) is 11.0. The van der Waals surface area contributed by atoms with E-state index in [0.717, 1.165) is 12.8 Å². The van der Waals surface area contributed by atoms with Crippen LogP contribution in [-0.4, -0.2) is 193 Å². The fourth-order valence-electron chi connectivity index (χ4n) is 4.55. The first-order chi connectivity index (χ1) is 21.8. The van der Waals surface area contributed by atoms with E-state index in [2.05, 4.69) is 0 Å². The van der Waals surface area contributed by atoms with Crippen molar-refractivity contribution in [2.24, 2.45) is 0 Å². The molecule has 10 N–H and O–H groups in total. The van der Waals surface area contributed by atoms with Gasteiger partial charge in [0.1, 0.15) is 36.6 Å². The molecule has 15 nitrogen and oxygen atoms in total. The molecule has 47 heavy (non-hydrogen) atoms. The van der Waals surface area contributed by atoms with Gasteiger partial charge in [-0.05, 0) is 60.8 Å². The van der Waals surface area contributed by atoms with Gasteiger partial charge in [-0.25, -0.2) is 0 Å². The van der Waals surface area contributed by atoms with Crippen LogP contribution in [0.4, 0.5) is 0 Å². The summed E-state index contributed by atoms with van der Waals surface area (Å²) in [5.74, 6) is 0. The summed E-state index contributed by atoms with van der Waals surface area (Å²) < 4.78 is 23.5. The molecule has 10 atom stereocenters. The Kier molecular flexibility index (Phi) is 23.8. The van der Waals surface area contributed by atoms with E-state index in [1.807, 2.05) is 41.5 Å². The van der Waals surface area contributed by atoms with E-state index in [0.29, 0.717) is 19.6 Å². The zero-order chi connectivity index (χ0) is 36.4. The van der Waals surface area contributed by atoms with Gasteiger partial charge in [-0.1, -0.05) is 0 Å². The summed E-state index contributed by atoms with van der Waals surface area (Å²) in [5, 5.41) is 98.4. The van der Waals surface area contributed by atoms with Crippen molar-refractivity contribution in [2.45, 2.75) is 132 Å². The molecule has 284 valence electrons. The van der Waals surface area contributed by atoms with Crippen molar-refractivity contribution in [3.05, 3.63) is 0 Å². The Bertz CT molecular complexity index is 753. The minimum absolute atomic E-state index is 0.0462. The highest BCUT2D eigenvalue weighted by atomic mass is 35.5. The van der Waals surface area contributed by atoms with E-state index >= 15 is 0 Å². The maximum atomic E-state index is 10.4. The van der Waals surface area contributed by atoms with Crippen LogP contribution in [0, 0.1) is 0 Å². The van der Waals surface area contributed by atoms with Gasteiger partial charge in [0.25, 0.3) is 0 Å². The van der Waals surface area contributed by atoms with Crippen molar-refractivity contribution in [1.82, 2.24) is 4.90 Å². The number of ether oxygens (including phenoxy) is 4. The van der Waals surface area contributed by atoms with Crippen LogP contribution in [0.3, 0.4) is 0 Å². The third-order valence-corrected chi connectivity index (χ3v) is 7.95. The lowest BCUT2D eigenvalue weighted by atomic mass is 10.0. The van der Waals surface area contributed by atoms with Crippen molar-refractivity contribution in [1.29, 1.82) is 0 Å². The molecule has 0 fully saturated rings. The lowest BCUT2D eigenvalue weighted by molar-refractivity contribution is -0.131. The Balaban J connectivity index is 4.82. The van der Waals surface area contributed by atoms with Gasteiger partial charge in [0, 0.05) is 31.6 Å². The average molecular weight is 710 g/mol. The second-order valence-corrected chi connectivity index (χ2v) is 14.1. The van der Waals surface area contributed by atoms with Crippen molar-refractivity contribution in [3.63, 3.8) is 0 Å². The van der Waals surface area contributed by atoms with E-state index in [4.69, 9.17) is 40.8 Å². The highest BCUT2D eigenvalue weighted by molar-refractivity contribution is 6.20. The number of nitrogens with zero attached hydrogens (tertiary/aromatic N) is 1. The maximum absolute atomic E-state index is 10.4. The van der Waals surface area contributed by atoms with E-state index in [1.165, 1.54) is 4.90 Å². The fourth-order valence-corrected chi connectivity index (χ4v) is 4.80. The minimum Gasteiger partial charge on any atom is -0.394 e. The summed E-state index contributed by atoms with van der Waals surface area (Å²) in [6, 6.07) is 0. The first-order valence-corrected chi connectivity index (χ1v) is 16.7. The summed E-state index contributed by atoms with van der Waals surface area (Å²) in [6.07, 6.45) is -12.0. The Labute approximate surface area is 284 Å². The monoisotopic (exact) mass is 709 g/mol. The minimum atomic E-state index is -1.87. The van der Waals surface area contributed by atoms with Crippen LogP contribution in [0.25, 0.3) is 0 Å². The molecular weight excluding hydrogens is 646 g/mol. The van der Waals surface area contributed by atoms with E-state index in [-0.39, 0.29) is 56.5 Å². The van der Waals surface area contributed by atoms with Crippen LogP contribution in [0.1, 0.15) is 60.8 Å². The zero-order valence-corrected chi connectivity index (χ0v) is 29.7. The molecule has 0 aromatic carbocycles. The first-order valence-electron chi connectivity index (χ1n) is 16.3. The fraction of sp³-hybridized carbons (Fsp3) is 1.00. The highest BCUT2D eigenvalue weighted by Gasteiger charge is 2.34. The predicted molar refractivity (Wildman–Crippen MR) is 174 cm³/mol. The number of aliphatic hydroxyl groups excluding tert-OH is 10. The molecule has 0 aliphatic rings. The number of aliphatic hydroxyl groups is 10. The third-order valence-electron chi connectivity index (χ3n) is 7.77. The topological polar surface area (TPSA) is 242 Å². The second kappa shape index (κ2) is 24.0. The number of hydrogen-bond donors (Lipinski definition) is 10. The molecule has 0 aromatic heterocycles. The molecule has 0 rings (SSSR count). The van der Waals surface area contributed by atoms with Gasteiger partial charge in [-0.2, -0.15) is 0 Å². The third kappa shape index (κ3) is 20.8. The van der Waals surface area contributed by atoms with E-state index in [9.17, 15) is 40.9 Å². The van der Waals surface area contributed by atoms with Gasteiger partial charge in [0.05, 0.1) is 69.2 Å². The number of hydrogen-bond acceptors (Lipinski definition) is 15. The molecule has 0 radical (unpaired) electrons. The SMILES string of the molecule is CC(Cl)CC(C)OCCC(C)(C)OCCC(C)(C)OCCOCCN(C[C@H](O)[C@@H](O)[C@H](O)[C@H](O)CO)C[C@H](O)[C@@H](O)[C@H](O)[C@H](O)CO. The van der Waals surface area contributed by atoms with Crippen molar-refractivity contribution in [2.75, 3.05) is 65.9 Å². The van der Waals surface area contributed by atoms with Gasteiger partial charge in [0.15, 0.2) is 0 Å². The number of alkyl halides is 1. The Morgan fingerprint density at radius 3 is 1.47 bits per heavy atom. The lowest BCUT2D eigenvalue weighted by Gasteiger charge is -2.33. The average Bonchev–Trinajstić information content (AvgIpc) is 2.99. The smallest absolute Gasteiger partial charge is 0.111 e. The molecule has 0 saturated heterocycles. The Morgan fingerprint density at radius 2 is 1.02 bits per heavy atom. The first kappa shape index (κ1) is 46.7. The van der Waals surface area contributed by atoms with E-state index in [1.54, 1.807) is 0 Å². The van der Waals surface area contributed by atoms with Crippen molar-refractivity contribution in [3.8, 4) is 0 Å². The highest BCUT2D eigenvalue weighted by Crippen LogP contribution is 2.20. The second-order valence-electron chi connectivity index (χ2n) is 13.4. The van der Waals surface area contributed by atoms with Gasteiger partial charge in [-0.3, -0.25) is 4.90 Å². The predicted octanol–water partition coefficient (Wildman–Crippen LogP) is -2.03. The number of halogens is 1. The molecule has 16 heteroatoms. The Morgan fingerprint density at radius 1 is 0.596 bits per heavy atom. The molecule has 0 aliphatic heterocycles. The van der Waals surface area contributed by atoms with Gasteiger partial charge in [0.2, 0.25) is 0 Å². The molecule has 2 unspecified atom stereocenters. The van der Waals surface area contributed by atoms with Crippen LogP contribution in [-0.2, 0) is 18.9 Å². The number of rotatable bonds is 29. The van der Waals surface area contributed by atoms with Crippen LogP contribution in [0.2, 0.25) is 0 Å². The van der Waals surface area contributed by atoms with Crippen molar-refractivity contribution >= 4 is 11.6 Å². The molecule has 0 bridgehead atoms. The van der Waals surface area contributed by atoms with E-state index < -0.39 is 67.6 Å². The van der Waals surface area contributed by atoms with Gasteiger partial charge < -0.3 is 70.0 Å². The quantitative estimate of drug-likeness (QED) is 0.0298. The molecule has 0 saturated carbocycles. The van der Waals surface area contributed by atoms with Crippen LogP contribution in [0.5, 0.6) is 0 Å². The van der Waals surface area contributed by atoms with Crippen molar-refractivity contribution < 1.29 is 70.0 Å². The summed E-state index contributed by atoms with van der Waals surface area (Å²) in [5.41, 5.74) is -0.883. The largest absolute Gasteiger partial charge is 0.394 e. The molecule has 0 aliphatic carbocycles. The van der Waals surface area contributed by atoms with Gasteiger partial charge >= 0.3 is 0 Å². The summed E-state index contributed by atoms with van der Waals surface area (Å²) >= 11 is 6.02.